The lowest BCUT2D eigenvalue weighted by atomic mass is 10.0. The van der Waals surface area contributed by atoms with Crippen molar-refractivity contribution in [2.45, 2.75) is 32.2 Å². The third-order valence-corrected chi connectivity index (χ3v) is 4.92. The van der Waals surface area contributed by atoms with Crippen molar-refractivity contribution >= 4 is 22.7 Å². The molecule has 0 aliphatic carbocycles. The molecule has 0 aliphatic heterocycles. The van der Waals surface area contributed by atoms with E-state index in [9.17, 15) is 0 Å². The van der Waals surface area contributed by atoms with Crippen LogP contribution in [0.25, 0.3) is 0 Å². The molecule has 0 bridgehead atoms. The molecule has 2 aromatic rings. The Morgan fingerprint density at radius 2 is 2.12 bits per heavy atom. The average molecular weight is 265 g/mol. The third kappa shape index (κ3) is 3.41. The van der Waals surface area contributed by atoms with Crippen molar-refractivity contribution in [1.82, 2.24) is 5.32 Å². The van der Waals surface area contributed by atoms with Gasteiger partial charge in [-0.05, 0) is 61.7 Å². The van der Waals surface area contributed by atoms with Crippen LogP contribution < -0.4 is 5.32 Å². The third-order valence-electron chi connectivity index (χ3n) is 3.12. The Hall–Kier alpha value is -0.640. The number of hydrogen-bond acceptors (Lipinski definition) is 3. The van der Waals surface area contributed by atoms with Crippen LogP contribution in [0.2, 0.25) is 0 Å². The van der Waals surface area contributed by atoms with Crippen molar-refractivity contribution in [2.75, 3.05) is 7.05 Å². The van der Waals surface area contributed by atoms with Crippen molar-refractivity contribution in [3.63, 3.8) is 0 Å². The van der Waals surface area contributed by atoms with E-state index in [1.54, 1.807) is 0 Å². The molecule has 2 aromatic heterocycles. The van der Waals surface area contributed by atoms with Crippen LogP contribution in [0.3, 0.4) is 0 Å². The molecule has 1 unspecified atom stereocenters. The first kappa shape index (κ1) is 12.8. The maximum Gasteiger partial charge on any atom is 0.0328 e. The van der Waals surface area contributed by atoms with Gasteiger partial charge in [-0.25, -0.2) is 0 Å². The molecule has 0 spiro atoms. The first-order valence-electron chi connectivity index (χ1n) is 6.05. The maximum absolute atomic E-state index is 3.44. The van der Waals surface area contributed by atoms with Gasteiger partial charge in [0.05, 0.1) is 0 Å². The minimum Gasteiger partial charge on any atom is -0.313 e. The van der Waals surface area contributed by atoms with E-state index in [-0.39, 0.29) is 0 Å². The predicted octanol–water partition coefficient (Wildman–Crippen LogP) is 4.40. The second-order valence-corrected chi connectivity index (χ2v) is 6.40. The summed E-state index contributed by atoms with van der Waals surface area (Å²) < 4.78 is 0. The molecule has 2 rings (SSSR count). The first-order chi connectivity index (χ1) is 8.31. The van der Waals surface area contributed by atoms with E-state index in [2.05, 4.69) is 48.2 Å². The Morgan fingerprint density at radius 1 is 1.24 bits per heavy atom. The lowest BCUT2D eigenvalue weighted by Gasteiger charge is -2.15. The highest BCUT2D eigenvalue weighted by Gasteiger charge is 2.12. The standard InChI is InChI=1S/C14H19NS2/c1-11-13(8-10-16-11)14(15-2)7-3-5-12-6-4-9-17-12/h4,6,8-10,14-15H,3,5,7H2,1-2H3. The number of hydrogen-bond donors (Lipinski definition) is 1. The highest BCUT2D eigenvalue weighted by Crippen LogP contribution is 2.26. The van der Waals surface area contributed by atoms with Crippen molar-refractivity contribution in [3.8, 4) is 0 Å². The zero-order chi connectivity index (χ0) is 12.1. The van der Waals surface area contributed by atoms with E-state index in [1.165, 1.54) is 34.6 Å². The summed E-state index contributed by atoms with van der Waals surface area (Å²) in [5.41, 5.74) is 1.48. The molecule has 0 saturated heterocycles. The summed E-state index contributed by atoms with van der Waals surface area (Å²) in [7, 11) is 2.06. The lowest BCUT2D eigenvalue weighted by Crippen LogP contribution is -2.16. The summed E-state index contributed by atoms with van der Waals surface area (Å²) in [4.78, 5) is 2.95. The number of rotatable bonds is 6. The Labute approximate surface area is 112 Å². The molecule has 0 aromatic carbocycles. The molecule has 17 heavy (non-hydrogen) atoms. The van der Waals surface area contributed by atoms with Crippen LogP contribution in [0.1, 0.15) is 34.2 Å². The van der Waals surface area contributed by atoms with Crippen LogP contribution in [-0.4, -0.2) is 7.05 Å². The van der Waals surface area contributed by atoms with E-state index >= 15 is 0 Å². The molecule has 0 amide bonds. The fourth-order valence-corrected chi connectivity index (χ4v) is 3.66. The van der Waals surface area contributed by atoms with Crippen molar-refractivity contribution in [2.24, 2.45) is 0 Å². The number of aryl methyl sites for hydroxylation is 2. The van der Waals surface area contributed by atoms with Crippen LogP contribution in [0.4, 0.5) is 0 Å². The van der Waals surface area contributed by atoms with Gasteiger partial charge in [-0.2, -0.15) is 0 Å². The van der Waals surface area contributed by atoms with Crippen molar-refractivity contribution in [3.05, 3.63) is 44.3 Å². The molecule has 2 heterocycles. The van der Waals surface area contributed by atoms with Gasteiger partial charge in [0.25, 0.3) is 0 Å². The van der Waals surface area contributed by atoms with Crippen LogP contribution in [0, 0.1) is 6.92 Å². The molecule has 92 valence electrons. The molecule has 1 atom stereocenters. The van der Waals surface area contributed by atoms with Crippen molar-refractivity contribution in [1.29, 1.82) is 0 Å². The van der Waals surface area contributed by atoms with Crippen LogP contribution in [0.15, 0.2) is 29.0 Å². The normalized spacial score (nSPS) is 12.8. The fraction of sp³-hybridized carbons (Fsp3) is 0.429. The quantitative estimate of drug-likeness (QED) is 0.816. The predicted molar refractivity (Wildman–Crippen MR) is 78.1 cm³/mol. The molecular weight excluding hydrogens is 246 g/mol. The topological polar surface area (TPSA) is 12.0 Å². The second-order valence-electron chi connectivity index (χ2n) is 4.24. The van der Waals surface area contributed by atoms with Crippen LogP contribution >= 0.6 is 22.7 Å². The summed E-state index contributed by atoms with van der Waals surface area (Å²) >= 11 is 3.71. The summed E-state index contributed by atoms with van der Waals surface area (Å²) in [6.45, 7) is 2.21. The first-order valence-corrected chi connectivity index (χ1v) is 7.81. The molecule has 0 saturated carbocycles. The summed E-state index contributed by atoms with van der Waals surface area (Å²) in [6.07, 6.45) is 3.67. The smallest absolute Gasteiger partial charge is 0.0328 e. The van der Waals surface area contributed by atoms with E-state index in [0.29, 0.717) is 6.04 Å². The molecule has 1 N–H and O–H groups in total. The molecule has 3 heteroatoms. The minimum absolute atomic E-state index is 0.515. The van der Waals surface area contributed by atoms with Gasteiger partial charge in [0, 0.05) is 15.8 Å². The molecular formula is C14H19NS2. The molecule has 0 aliphatic rings. The SMILES string of the molecule is CNC(CCCc1cccs1)c1ccsc1C. The Bertz CT molecular complexity index is 431. The second kappa shape index (κ2) is 6.34. The molecule has 1 nitrogen and oxygen atoms in total. The lowest BCUT2D eigenvalue weighted by molar-refractivity contribution is 0.528. The Kier molecular flexibility index (Phi) is 4.77. The average Bonchev–Trinajstić information content (AvgIpc) is 2.96. The largest absolute Gasteiger partial charge is 0.313 e. The number of nitrogens with one attached hydrogen (secondary N) is 1. The highest BCUT2D eigenvalue weighted by molar-refractivity contribution is 7.10. The van der Waals surface area contributed by atoms with E-state index in [0.717, 1.165) is 0 Å². The van der Waals surface area contributed by atoms with Gasteiger partial charge in [-0.15, -0.1) is 22.7 Å². The van der Waals surface area contributed by atoms with E-state index in [1.807, 2.05) is 22.7 Å². The highest BCUT2D eigenvalue weighted by atomic mass is 32.1. The van der Waals surface area contributed by atoms with Gasteiger partial charge in [-0.3, -0.25) is 0 Å². The van der Waals surface area contributed by atoms with Gasteiger partial charge in [0.1, 0.15) is 0 Å². The van der Waals surface area contributed by atoms with Gasteiger partial charge >= 0.3 is 0 Å². The maximum atomic E-state index is 3.44. The zero-order valence-electron chi connectivity index (χ0n) is 10.4. The Morgan fingerprint density at radius 3 is 2.71 bits per heavy atom. The van der Waals surface area contributed by atoms with Gasteiger partial charge < -0.3 is 5.32 Å². The van der Waals surface area contributed by atoms with Crippen LogP contribution in [-0.2, 0) is 6.42 Å². The zero-order valence-corrected chi connectivity index (χ0v) is 12.0. The summed E-state index contributed by atoms with van der Waals surface area (Å²) in [6, 6.07) is 7.14. The van der Waals surface area contributed by atoms with Gasteiger partial charge in [0.2, 0.25) is 0 Å². The molecule has 0 radical (unpaired) electrons. The van der Waals surface area contributed by atoms with Gasteiger partial charge in [0.15, 0.2) is 0 Å². The van der Waals surface area contributed by atoms with E-state index in [4.69, 9.17) is 0 Å². The van der Waals surface area contributed by atoms with E-state index < -0.39 is 0 Å². The summed E-state index contributed by atoms with van der Waals surface area (Å²) in [5, 5.41) is 7.78. The Balaban J connectivity index is 1.86. The van der Waals surface area contributed by atoms with Crippen molar-refractivity contribution < 1.29 is 0 Å². The summed E-state index contributed by atoms with van der Waals surface area (Å²) in [5.74, 6) is 0. The van der Waals surface area contributed by atoms with Gasteiger partial charge in [-0.1, -0.05) is 6.07 Å². The van der Waals surface area contributed by atoms with Crippen LogP contribution in [0.5, 0.6) is 0 Å². The molecule has 0 fully saturated rings. The minimum atomic E-state index is 0.515. The number of thiophene rings is 2. The fourth-order valence-electron chi connectivity index (χ4n) is 2.15. The monoisotopic (exact) mass is 265 g/mol.